The average Bonchev–Trinajstić information content (AvgIpc) is 2.08. The first kappa shape index (κ1) is 9.81. The zero-order chi connectivity index (χ0) is 8.97. The van der Waals surface area contributed by atoms with E-state index in [-0.39, 0.29) is 5.75 Å². The van der Waals surface area contributed by atoms with Crippen LogP contribution in [0, 0.1) is 0 Å². The Morgan fingerprint density at radius 1 is 1.42 bits per heavy atom. The van der Waals surface area contributed by atoms with E-state index in [2.05, 4.69) is 31.9 Å². The van der Waals surface area contributed by atoms with Crippen LogP contribution in [0.4, 0.5) is 0 Å². The van der Waals surface area contributed by atoms with Gasteiger partial charge in [0.15, 0.2) is 0 Å². The monoisotopic (exact) mass is 290 g/mol. The quantitative estimate of drug-likeness (QED) is 0.826. The van der Waals surface area contributed by atoms with Crippen LogP contribution in [0.1, 0.15) is 5.56 Å². The number of para-hydroxylation sites is 1. The van der Waals surface area contributed by atoms with E-state index in [1.54, 1.807) is 6.07 Å². The molecule has 0 amide bonds. The Morgan fingerprint density at radius 2 is 2.17 bits per heavy atom. The topological polar surface area (TPSA) is 20.2 Å². The maximum Gasteiger partial charge on any atom is 0.136 e. The van der Waals surface area contributed by atoms with Crippen molar-refractivity contribution in [3.63, 3.8) is 0 Å². The number of aromatic hydroxyl groups is 1. The fourth-order valence-electron chi connectivity index (χ4n) is 0.838. The minimum atomic E-state index is 0.287. The van der Waals surface area contributed by atoms with Crippen molar-refractivity contribution in [2.45, 2.75) is 0 Å². The first-order valence-electron chi connectivity index (χ1n) is 3.45. The van der Waals surface area contributed by atoms with Gasteiger partial charge in [-0.3, -0.25) is 0 Å². The van der Waals surface area contributed by atoms with Crippen molar-refractivity contribution in [1.82, 2.24) is 0 Å². The molecule has 3 heteroatoms. The van der Waals surface area contributed by atoms with Gasteiger partial charge in [0.05, 0.1) is 4.47 Å². The molecule has 0 aromatic heterocycles. The lowest BCUT2D eigenvalue weighted by Gasteiger charge is -1.99. The van der Waals surface area contributed by atoms with Crippen LogP contribution in [0.15, 0.2) is 28.7 Å². The highest BCUT2D eigenvalue weighted by Gasteiger charge is 1.99. The number of hydrogen-bond acceptors (Lipinski definition) is 1. The van der Waals surface area contributed by atoms with Crippen LogP contribution >= 0.6 is 31.9 Å². The third kappa shape index (κ3) is 2.35. The van der Waals surface area contributed by atoms with Gasteiger partial charge in [0.1, 0.15) is 5.75 Å². The van der Waals surface area contributed by atoms with Gasteiger partial charge in [0.25, 0.3) is 0 Å². The standard InChI is InChI=1S/C9H8Br2O/c10-6-2-4-7-3-1-5-8(11)9(7)12/h1-5,12H,6H2. The van der Waals surface area contributed by atoms with E-state index in [9.17, 15) is 5.11 Å². The summed E-state index contributed by atoms with van der Waals surface area (Å²) in [5.41, 5.74) is 0.823. The second-order valence-electron chi connectivity index (χ2n) is 2.23. The fourth-order valence-corrected chi connectivity index (χ4v) is 1.41. The van der Waals surface area contributed by atoms with Crippen molar-refractivity contribution in [2.75, 3.05) is 5.33 Å². The summed E-state index contributed by atoms with van der Waals surface area (Å²) in [5, 5.41) is 10.3. The van der Waals surface area contributed by atoms with Crippen LogP contribution in [0.2, 0.25) is 0 Å². The minimum Gasteiger partial charge on any atom is -0.506 e. The molecule has 0 bridgehead atoms. The lowest BCUT2D eigenvalue weighted by atomic mass is 10.2. The smallest absolute Gasteiger partial charge is 0.136 e. The molecule has 0 aliphatic carbocycles. The van der Waals surface area contributed by atoms with Gasteiger partial charge in [0.2, 0.25) is 0 Å². The molecule has 0 radical (unpaired) electrons. The molecule has 0 saturated carbocycles. The molecule has 1 aromatic carbocycles. The molecule has 0 fully saturated rings. The second kappa shape index (κ2) is 4.67. The third-order valence-corrected chi connectivity index (χ3v) is 2.42. The summed E-state index contributed by atoms with van der Waals surface area (Å²) < 4.78 is 0.722. The number of alkyl halides is 1. The van der Waals surface area contributed by atoms with Gasteiger partial charge in [-0.05, 0) is 22.0 Å². The van der Waals surface area contributed by atoms with Gasteiger partial charge >= 0.3 is 0 Å². The third-order valence-electron chi connectivity index (χ3n) is 1.40. The van der Waals surface area contributed by atoms with Crippen molar-refractivity contribution < 1.29 is 5.11 Å². The zero-order valence-electron chi connectivity index (χ0n) is 6.30. The Hall–Kier alpha value is -0.280. The van der Waals surface area contributed by atoms with Crippen molar-refractivity contribution in [3.8, 4) is 5.75 Å². The van der Waals surface area contributed by atoms with Crippen molar-refractivity contribution >= 4 is 37.9 Å². The van der Waals surface area contributed by atoms with Crippen LogP contribution in [-0.2, 0) is 0 Å². The summed E-state index contributed by atoms with van der Waals surface area (Å²) >= 11 is 6.51. The van der Waals surface area contributed by atoms with E-state index in [4.69, 9.17) is 0 Å². The number of phenols is 1. The predicted molar refractivity (Wildman–Crippen MR) is 58.6 cm³/mol. The largest absolute Gasteiger partial charge is 0.506 e. The van der Waals surface area contributed by atoms with Gasteiger partial charge in [-0.15, -0.1) is 0 Å². The van der Waals surface area contributed by atoms with Crippen molar-refractivity contribution in [1.29, 1.82) is 0 Å². The molecule has 64 valence electrons. The van der Waals surface area contributed by atoms with Crippen LogP contribution in [-0.4, -0.2) is 10.4 Å². The molecule has 0 saturated heterocycles. The normalized spacial score (nSPS) is 10.8. The molecular weight excluding hydrogens is 284 g/mol. The summed E-state index contributed by atoms with van der Waals surface area (Å²) in [6.07, 6.45) is 3.80. The SMILES string of the molecule is Oc1c(Br)cccc1C=CCBr. The molecule has 12 heavy (non-hydrogen) atoms. The number of phenolic OH excluding ortho intramolecular Hbond substituents is 1. The molecule has 1 rings (SSSR count). The van der Waals surface area contributed by atoms with Crippen LogP contribution in [0.3, 0.4) is 0 Å². The zero-order valence-corrected chi connectivity index (χ0v) is 9.47. The molecule has 0 atom stereocenters. The lowest BCUT2D eigenvalue weighted by molar-refractivity contribution is 0.470. The van der Waals surface area contributed by atoms with Gasteiger partial charge in [-0.1, -0.05) is 40.2 Å². The summed E-state index contributed by atoms with van der Waals surface area (Å²) in [6.45, 7) is 0. The molecule has 0 unspecified atom stereocenters. The Bertz CT molecular complexity index is 295. The highest BCUT2D eigenvalue weighted by Crippen LogP contribution is 2.28. The number of halogens is 2. The highest BCUT2D eigenvalue weighted by molar-refractivity contribution is 9.10. The van der Waals surface area contributed by atoms with E-state index < -0.39 is 0 Å². The number of benzene rings is 1. The summed E-state index contributed by atoms with van der Waals surface area (Å²) in [6, 6.07) is 5.55. The molecule has 1 N–H and O–H groups in total. The van der Waals surface area contributed by atoms with Crippen LogP contribution in [0.25, 0.3) is 6.08 Å². The number of allylic oxidation sites excluding steroid dienone is 1. The Balaban J connectivity index is 3.00. The predicted octanol–water partition coefficient (Wildman–Crippen LogP) is 3.56. The van der Waals surface area contributed by atoms with E-state index in [0.29, 0.717) is 0 Å². The first-order chi connectivity index (χ1) is 5.75. The van der Waals surface area contributed by atoms with Gasteiger partial charge in [-0.2, -0.15) is 0 Å². The van der Waals surface area contributed by atoms with Gasteiger partial charge in [-0.25, -0.2) is 0 Å². The van der Waals surface area contributed by atoms with E-state index >= 15 is 0 Å². The number of rotatable bonds is 2. The fraction of sp³-hybridized carbons (Fsp3) is 0.111. The Kier molecular flexibility index (Phi) is 3.82. The Labute approximate surface area is 88.4 Å². The number of hydrogen-bond donors (Lipinski definition) is 1. The summed E-state index contributed by atoms with van der Waals surface area (Å²) in [4.78, 5) is 0. The van der Waals surface area contributed by atoms with Crippen LogP contribution in [0.5, 0.6) is 5.75 Å². The van der Waals surface area contributed by atoms with E-state index in [0.717, 1.165) is 15.4 Å². The maximum atomic E-state index is 9.51. The molecule has 0 spiro atoms. The average molecular weight is 292 g/mol. The van der Waals surface area contributed by atoms with Crippen LogP contribution < -0.4 is 0 Å². The maximum absolute atomic E-state index is 9.51. The van der Waals surface area contributed by atoms with E-state index in [1.807, 2.05) is 24.3 Å². The molecule has 1 aromatic rings. The molecule has 0 aliphatic heterocycles. The molecule has 1 nitrogen and oxygen atoms in total. The van der Waals surface area contributed by atoms with E-state index in [1.165, 1.54) is 0 Å². The van der Waals surface area contributed by atoms with Gasteiger partial charge in [0, 0.05) is 10.9 Å². The lowest BCUT2D eigenvalue weighted by Crippen LogP contribution is -1.75. The molecule has 0 heterocycles. The van der Waals surface area contributed by atoms with Crippen molar-refractivity contribution in [2.24, 2.45) is 0 Å². The van der Waals surface area contributed by atoms with Gasteiger partial charge < -0.3 is 5.11 Å². The highest BCUT2D eigenvalue weighted by atomic mass is 79.9. The second-order valence-corrected chi connectivity index (χ2v) is 3.74. The van der Waals surface area contributed by atoms with Crippen molar-refractivity contribution in [3.05, 3.63) is 34.3 Å². The molecule has 0 aliphatic rings. The summed E-state index contributed by atoms with van der Waals surface area (Å²) in [5.74, 6) is 0.287. The summed E-state index contributed by atoms with van der Waals surface area (Å²) in [7, 11) is 0. The molecular formula is C9H8Br2O. The Morgan fingerprint density at radius 3 is 2.83 bits per heavy atom. The minimum absolute atomic E-state index is 0.287. The first-order valence-corrected chi connectivity index (χ1v) is 5.37.